The summed E-state index contributed by atoms with van der Waals surface area (Å²) in [5, 5.41) is 0. The minimum Gasteiger partial charge on any atom is -0.290 e. The normalized spacial score (nSPS) is 18.9. The van der Waals surface area contributed by atoms with Crippen molar-refractivity contribution in [1.29, 1.82) is 0 Å². The lowest BCUT2D eigenvalue weighted by atomic mass is 10.1. The topological polar surface area (TPSA) is 17.1 Å². The molecule has 0 aliphatic heterocycles. The van der Waals surface area contributed by atoms with Crippen molar-refractivity contribution < 1.29 is 4.79 Å². The predicted octanol–water partition coefficient (Wildman–Crippen LogP) is 3.58. The van der Waals surface area contributed by atoms with Crippen LogP contribution in [0.25, 0.3) is 0 Å². The Bertz CT molecular complexity index is 269. The molecule has 1 aliphatic rings. The second-order valence-corrected chi connectivity index (χ2v) is 3.51. The Hall–Kier alpha value is -1.11. The van der Waals surface area contributed by atoms with Crippen LogP contribution >= 0.6 is 0 Å². The summed E-state index contributed by atoms with van der Waals surface area (Å²) in [6, 6.07) is 0. The molecule has 0 amide bonds. The van der Waals surface area contributed by atoms with E-state index < -0.39 is 0 Å². The minimum atomic E-state index is 0.203. The summed E-state index contributed by atoms with van der Waals surface area (Å²) in [6.07, 6.45) is 15.3. The molecule has 0 bridgehead atoms. The van der Waals surface area contributed by atoms with Crippen LogP contribution in [0.5, 0.6) is 0 Å². The van der Waals surface area contributed by atoms with Crippen LogP contribution in [0.4, 0.5) is 0 Å². The predicted molar refractivity (Wildman–Crippen MR) is 60.1 cm³/mol. The molecular formula is C13H18O. The van der Waals surface area contributed by atoms with Crippen molar-refractivity contribution in [2.24, 2.45) is 0 Å². The van der Waals surface area contributed by atoms with Gasteiger partial charge < -0.3 is 0 Å². The van der Waals surface area contributed by atoms with Crippen LogP contribution in [0.3, 0.4) is 0 Å². The molecule has 0 radical (unpaired) electrons. The fourth-order valence-electron chi connectivity index (χ4n) is 1.48. The molecule has 0 aromatic heterocycles. The third-order valence-electron chi connectivity index (χ3n) is 2.29. The van der Waals surface area contributed by atoms with Gasteiger partial charge in [-0.1, -0.05) is 31.2 Å². The molecule has 0 atom stereocenters. The lowest BCUT2D eigenvalue weighted by Crippen LogP contribution is -1.90. The van der Waals surface area contributed by atoms with Crippen LogP contribution in [-0.4, -0.2) is 5.78 Å². The maximum Gasteiger partial charge on any atom is 0.181 e. The summed E-state index contributed by atoms with van der Waals surface area (Å²) in [5.41, 5.74) is 0.976. The molecule has 1 rings (SSSR count). The highest BCUT2D eigenvalue weighted by molar-refractivity contribution is 6.06. The molecule has 0 aromatic carbocycles. The first-order valence-corrected chi connectivity index (χ1v) is 5.39. The highest BCUT2D eigenvalue weighted by Gasteiger charge is 2.08. The molecule has 0 unspecified atom stereocenters. The Labute approximate surface area is 86.2 Å². The molecule has 1 nitrogen and oxygen atoms in total. The average Bonchev–Trinajstić information content (AvgIpc) is 2.58. The Morgan fingerprint density at radius 1 is 1.36 bits per heavy atom. The third-order valence-corrected chi connectivity index (χ3v) is 2.29. The van der Waals surface area contributed by atoms with Gasteiger partial charge in [0, 0.05) is 0 Å². The van der Waals surface area contributed by atoms with Crippen molar-refractivity contribution in [3.8, 4) is 0 Å². The van der Waals surface area contributed by atoms with E-state index in [0.29, 0.717) is 0 Å². The SMILES string of the molecule is CC/C=C\CCC/C=C1\CC=CC1=O. The molecule has 1 heteroatoms. The van der Waals surface area contributed by atoms with Gasteiger partial charge in [0.2, 0.25) is 0 Å². The van der Waals surface area contributed by atoms with E-state index in [1.807, 2.05) is 6.08 Å². The molecule has 0 N–H and O–H groups in total. The van der Waals surface area contributed by atoms with Gasteiger partial charge in [-0.2, -0.15) is 0 Å². The van der Waals surface area contributed by atoms with Crippen molar-refractivity contribution in [1.82, 2.24) is 0 Å². The minimum absolute atomic E-state index is 0.203. The number of allylic oxidation sites excluding steroid dienone is 6. The molecule has 76 valence electrons. The zero-order valence-electron chi connectivity index (χ0n) is 8.83. The lowest BCUT2D eigenvalue weighted by molar-refractivity contribution is -0.111. The zero-order chi connectivity index (χ0) is 10.2. The van der Waals surface area contributed by atoms with E-state index in [1.165, 1.54) is 0 Å². The Kier molecular flexibility index (Phi) is 4.98. The highest BCUT2D eigenvalue weighted by Crippen LogP contribution is 2.14. The maximum absolute atomic E-state index is 11.2. The fourth-order valence-corrected chi connectivity index (χ4v) is 1.48. The lowest BCUT2D eigenvalue weighted by Gasteiger charge is -1.94. The van der Waals surface area contributed by atoms with E-state index in [1.54, 1.807) is 6.08 Å². The smallest absolute Gasteiger partial charge is 0.181 e. The third kappa shape index (κ3) is 3.73. The summed E-state index contributed by atoms with van der Waals surface area (Å²) in [5.74, 6) is 0.203. The summed E-state index contributed by atoms with van der Waals surface area (Å²) in [6.45, 7) is 2.14. The molecule has 14 heavy (non-hydrogen) atoms. The first-order valence-electron chi connectivity index (χ1n) is 5.39. The van der Waals surface area contributed by atoms with E-state index in [9.17, 15) is 4.79 Å². The summed E-state index contributed by atoms with van der Waals surface area (Å²) in [7, 11) is 0. The van der Waals surface area contributed by atoms with E-state index in [0.717, 1.165) is 37.7 Å². The molecule has 1 aliphatic carbocycles. The van der Waals surface area contributed by atoms with Gasteiger partial charge in [-0.3, -0.25) is 4.79 Å². The molecule has 0 saturated carbocycles. The molecule has 0 saturated heterocycles. The van der Waals surface area contributed by atoms with Crippen molar-refractivity contribution in [3.63, 3.8) is 0 Å². The number of carbonyl (C=O) groups excluding carboxylic acids is 1. The second kappa shape index (κ2) is 6.36. The van der Waals surface area contributed by atoms with Crippen molar-refractivity contribution in [2.45, 2.75) is 39.0 Å². The molecule has 0 aromatic rings. The number of ketones is 1. The van der Waals surface area contributed by atoms with Gasteiger partial charge in [-0.25, -0.2) is 0 Å². The van der Waals surface area contributed by atoms with Crippen molar-refractivity contribution in [3.05, 3.63) is 36.0 Å². The first kappa shape index (κ1) is 11.0. The summed E-state index contributed by atoms with van der Waals surface area (Å²) in [4.78, 5) is 11.2. The number of unbranched alkanes of at least 4 members (excludes halogenated alkanes) is 2. The quantitative estimate of drug-likeness (QED) is 0.368. The Morgan fingerprint density at radius 3 is 2.86 bits per heavy atom. The Morgan fingerprint density at radius 2 is 2.21 bits per heavy atom. The van der Waals surface area contributed by atoms with Gasteiger partial charge in [0.05, 0.1) is 0 Å². The molecule has 0 spiro atoms. The summed E-state index contributed by atoms with van der Waals surface area (Å²) < 4.78 is 0. The second-order valence-electron chi connectivity index (χ2n) is 3.51. The van der Waals surface area contributed by atoms with E-state index in [4.69, 9.17) is 0 Å². The van der Waals surface area contributed by atoms with E-state index in [2.05, 4.69) is 25.2 Å². The summed E-state index contributed by atoms with van der Waals surface area (Å²) >= 11 is 0. The number of carbonyl (C=O) groups is 1. The van der Waals surface area contributed by atoms with E-state index in [-0.39, 0.29) is 5.78 Å². The van der Waals surface area contributed by atoms with Gasteiger partial charge in [-0.15, -0.1) is 0 Å². The monoisotopic (exact) mass is 190 g/mol. The largest absolute Gasteiger partial charge is 0.290 e. The van der Waals surface area contributed by atoms with Crippen LogP contribution < -0.4 is 0 Å². The number of rotatable bonds is 5. The van der Waals surface area contributed by atoms with Crippen LogP contribution in [0.15, 0.2) is 36.0 Å². The van der Waals surface area contributed by atoms with Gasteiger partial charge in [-0.05, 0) is 43.8 Å². The molecule has 0 heterocycles. The standard InChI is InChI=1S/C13H18O/c1-2-3-4-5-6-7-9-12-10-8-11-13(12)14/h3-4,8-9,11H,2,5-7,10H2,1H3/b4-3-,12-9+. The van der Waals surface area contributed by atoms with Gasteiger partial charge in [0.15, 0.2) is 5.78 Å². The van der Waals surface area contributed by atoms with Gasteiger partial charge >= 0.3 is 0 Å². The van der Waals surface area contributed by atoms with Crippen LogP contribution in [-0.2, 0) is 4.79 Å². The van der Waals surface area contributed by atoms with Crippen molar-refractivity contribution in [2.75, 3.05) is 0 Å². The van der Waals surface area contributed by atoms with Crippen LogP contribution in [0.1, 0.15) is 39.0 Å². The maximum atomic E-state index is 11.2. The molecular weight excluding hydrogens is 172 g/mol. The Balaban J connectivity index is 2.14. The highest BCUT2D eigenvalue weighted by atomic mass is 16.1. The van der Waals surface area contributed by atoms with E-state index >= 15 is 0 Å². The van der Waals surface area contributed by atoms with Crippen molar-refractivity contribution >= 4 is 5.78 Å². The number of hydrogen-bond donors (Lipinski definition) is 0. The zero-order valence-corrected chi connectivity index (χ0v) is 8.83. The fraction of sp³-hybridized carbons (Fsp3) is 0.462. The number of hydrogen-bond acceptors (Lipinski definition) is 1. The first-order chi connectivity index (χ1) is 6.84. The van der Waals surface area contributed by atoms with Crippen LogP contribution in [0.2, 0.25) is 0 Å². The van der Waals surface area contributed by atoms with Crippen LogP contribution in [0, 0.1) is 0 Å². The van der Waals surface area contributed by atoms with Gasteiger partial charge in [0.25, 0.3) is 0 Å². The molecule has 0 fully saturated rings. The van der Waals surface area contributed by atoms with Gasteiger partial charge in [0.1, 0.15) is 0 Å². The average molecular weight is 190 g/mol.